The fourth-order valence-electron chi connectivity index (χ4n) is 4.36. The molecule has 0 radical (unpaired) electrons. The summed E-state index contributed by atoms with van der Waals surface area (Å²) in [4.78, 5) is 23.4. The number of aryl methyl sites for hydroxylation is 1. The average molecular weight is 420 g/mol. The molecular formula is C28H37NO2. The van der Waals surface area contributed by atoms with Crippen molar-refractivity contribution in [1.82, 2.24) is 0 Å². The molecule has 0 fully saturated rings. The first-order chi connectivity index (χ1) is 15.2. The van der Waals surface area contributed by atoms with E-state index in [9.17, 15) is 9.59 Å². The van der Waals surface area contributed by atoms with Gasteiger partial charge >= 0.3 is 0 Å². The van der Waals surface area contributed by atoms with Crippen molar-refractivity contribution in [2.24, 2.45) is 0 Å². The molecular weight excluding hydrogens is 382 g/mol. The SMILES string of the molecule is CCCCCCCCCCCCCCc1ccc(-c2ccc3c(c2)C(=O)C(=O)N3)cc1. The highest BCUT2D eigenvalue weighted by Crippen LogP contribution is 2.29. The molecule has 1 aliphatic heterocycles. The molecule has 3 rings (SSSR count). The van der Waals surface area contributed by atoms with Gasteiger partial charge in [0.05, 0.1) is 11.3 Å². The molecule has 1 N–H and O–H groups in total. The maximum absolute atomic E-state index is 11.9. The number of benzene rings is 2. The minimum atomic E-state index is -0.537. The molecule has 0 bridgehead atoms. The molecule has 0 saturated carbocycles. The lowest BCUT2D eigenvalue weighted by Gasteiger charge is -2.07. The molecule has 3 nitrogen and oxygen atoms in total. The van der Waals surface area contributed by atoms with Gasteiger partial charge in [0.15, 0.2) is 0 Å². The molecule has 0 atom stereocenters. The largest absolute Gasteiger partial charge is 0.318 e. The van der Waals surface area contributed by atoms with Gasteiger partial charge in [0.2, 0.25) is 0 Å². The van der Waals surface area contributed by atoms with E-state index in [1.54, 1.807) is 0 Å². The van der Waals surface area contributed by atoms with E-state index in [0.29, 0.717) is 11.3 Å². The van der Waals surface area contributed by atoms with Gasteiger partial charge < -0.3 is 5.32 Å². The summed E-state index contributed by atoms with van der Waals surface area (Å²) in [7, 11) is 0. The van der Waals surface area contributed by atoms with Gasteiger partial charge in [-0.05, 0) is 41.7 Å². The number of Topliss-reactive ketones (excluding diaryl/α,β-unsaturated/α-hetero) is 1. The van der Waals surface area contributed by atoms with Crippen molar-refractivity contribution in [3.8, 4) is 11.1 Å². The molecule has 0 spiro atoms. The summed E-state index contributed by atoms with van der Waals surface area (Å²) in [6.45, 7) is 2.28. The summed E-state index contributed by atoms with van der Waals surface area (Å²) < 4.78 is 0. The highest BCUT2D eigenvalue weighted by Gasteiger charge is 2.27. The van der Waals surface area contributed by atoms with Gasteiger partial charge in [0, 0.05) is 0 Å². The van der Waals surface area contributed by atoms with Crippen LogP contribution in [0.3, 0.4) is 0 Å². The molecule has 0 aliphatic carbocycles. The Labute approximate surface area is 187 Å². The Morgan fingerprint density at radius 2 is 1.19 bits per heavy atom. The van der Waals surface area contributed by atoms with Crippen LogP contribution >= 0.6 is 0 Å². The molecule has 1 aliphatic rings. The fourth-order valence-corrected chi connectivity index (χ4v) is 4.36. The van der Waals surface area contributed by atoms with Crippen molar-refractivity contribution in [1.29, 1.82) is 0 Å². The molecule has 1 heterocycles. The van der Waals surface area contributed by atoms with Crippen molar-refractivity contribution < 1.29 is 9.59 Å². The average Bonchev–Trinajstić information content (AvgIpc) is 3.08. The van der Waals surface area contributed by atoms with Crippen LogP contribution in [0, 0.1) is 0 Å². The number of carbonyl (C=O) groups is 2. The maximum Gasteiger partial charge on any atom is 0.296 e. The number of amides is 1. The van der Waals surface area contributed by atoms with Gasteiger partial charge in [-0.3, -0.25) is 9.59 Å². The number of hydrogen-bond acceptors (Lipinski definition) is 2. The number of nitrogens with one attached hydrogen (secondary N) is 1. The maximum atomic E-state index is 11.9. The van der Waals surface area contributed by atoms with Crippen molar-refractivity contribution in [3.05, 3.63) is 53.6 Å². The third kappa shape index (κ3) is 7.05. The summed E-state index contributed by atoms with van der Waals surface area (Å²) in [5.74, 6) is -0.981. The Morgan fingerprint density at radius 1 is 0.645 bits per heavy atom. The quantitative estimate of drug-likeness (QED) is 0.251. The van der Waals surface area contributed by atoms with Gasteiger partial charge in [0.25, 0.3) is 11.7 Å². The second kappa shape index (κ2) is 12.4. The predicted octanol–water partition coefficient (Wildman–Crippen LogP) is 7.73. The number of carbonyl (C=O) groups excluding carboxylic acids is 2. The summed E-state index contributed by atoms with van der Waals surface area (Å²) in [6.07, 6.45) is 17.6. The Bertz CT molecular complexity index is 854. The second-order valence-electron chi connectivity index (χ2n) is 8.88. The van der Waals surface area contributed by atoms with Gasteiger partial charge in [0.1, 0.15) is 0 Å². The highest BCUT2D eigenvalue weighted by molar-refractivity contribution is 6.51. The minimum absolute atomic E-state index is 0.444. The van der Waals surface area contributed by atoms with Crippen LogP contribution in [-0.4, -0.2) is 11.7 Å². The zero-order chi connectivity index (χ0) is 21.9. The van der Waals surface area contributed by atoms with Crippen LogP contribution in [0.2, 0.25) is 0 Å². The standard InChI is InChI=1S/C28H37NO2/c1-2-3-4-5-6-7-8-9-10-11-12-13-14-22-15-17-23(18-16-22)24-19-20-26-25(21-24)27(30)28(31)29-26/h15-21H,2-14H2,1H3,(H,29,30,31). The lowest BCUT2D eigenvalue weighted by Crippen LogP contribution is -2.12. The van der Waals surface area contributed by atoms with Crippen LogP contribution < -0.4 is 5.32 Å². The highest BCUT2D eigenvalue weighted by atomic mass is 16.2. The summed E-state index contributed by atoms with van der Waals surface area (Å²) in [5, 5.41) is 2.60. The van der Waals surface area contributed by atoms with Crippen LogP contribution in [0.1, 0.15) is 99.9 Å². The second-order valence-corrected chi connectivity index (χ2v) is 8.88. The van der Waals surface area contributed by atoms with Gasteiger partial charge in [-0.2, -0.15) is 0 Å². The Hall–Kier alpha value is -2.42. The van der Waals surface area contributed by atoms with Crippen molar-refractivity contribution >= 4 is 17.4 Å². The summed E-state index contributed by atoms with van der Waals surface area (Å²) in [5.41, 5.74) is 4.50. The zero-order valence-corrected chi connectivity index (χ0v) is 19.1. The van der Waals surface area contributed by atoms with Crippen LogP contribution in [0.5, 0.6) is 0 Å². The molecule has 31 heavy (non-hydrogen) atoms. The van der Waals surface area contributed by atoms with E-state index >= 15 is 0 Å². The first-order valence-corrected chi connectivity index (χ1v) is 12.3. The molecule has 1 amide bonds. The van der Waals surface area contributed by atoms with E-state index in [-0.39, 0.29) is 0 Å². The van der Waals surface area contributed by atoms with Gasteiger partial charge in [-0.25, -0.2) is 0 Å². The third-order valence-electron chi connectivity index (χ3n) is 6.32. The van der Waals surface area contributed by atoms with Crippen LogP contribution in [0.15, 0.2) is 42.5 Å². The number of unbranched alkanes of at least 4 members (excludes halogenated alkanes) is 11. The Kier molecular flexibility index (Phi) is 9.33. The van der Waals surface area contributed by atoms with E-state index < -0.39 is 11.7 Å². The Morgan fingerprint density at radius 3 is 1.81 bits per heavy atom. The molecule has 166 valence electrons. The minimum Gasteiger partial charge on any atom is -0.318 e. The molecule has 0 saturated heterocycles. The zero-order valence-electron chi connectivity index (χ0n) is 19.1. The predicted molar refractivity (Wildman–Crippen MR) is 130 cm³/mol. The van der Waals surface area contributed by atoms with E-state index in [1.807, 2.05) is 18.2 Å². The van der Waals surface area contributed by atoms with Crippen molar-refractivity contribution in [2.75, 3.05) is 5.32 Å². The van der Waals surface area contributed by atoms with Crippen molar-refractivity contribution in [2.45, 2.75) is 90.4 Å². The normalized spacial score (nSPS) is 12.8. The van der Waals surface area contributed by atoms with Gasteiger partial charge in [-0.1, -0.05) is 108 Å². The van der Waals surface area contributed by atoms with Crippen molar-refractivity contribution in [3.63, 3.8) is 0 Å². The monoisotopic (exact) mass is 419 g/mol. The summed E-state index contributed by atoms with van der Waals surface area (Å²) >= 11 is 0. The van der Waals surface area contributed by atoms with E-state index in [2.05, 4.69) is 36.5 Å². The van der Waals surface area contributed by atoms with Crippen LogP contribution in [-0.2, 0) is 11.2 Å². The lowest BCUT2D eigenvalue weighted by molar-refractivity contribution is -0.112. The molecule has 0 unspecified atom stereocenters. The number of anilines is 1. The topological polar surface area (TPSA) is 46.2 Å². The Balaban J connectivity index is 1.31. The van der Waals surface area contributed by atoms with E-state index in [4.69, 9.17) is 0 Å². The molecule has 2 aromatic rings. The molecule has 3 heteroatoms. The third-order valence-corrected chi connectivity index (χ3v) is 6.32. The van der Waals surface area contributed by atoms with Gasteiger partial charge in [-0.15, -0.1) is 0 Å². The molecule has 2 aromatic carbocycles. The number of hydrogen-bond donors (Lipinski definition) is 1. The first kappa shape index (κ1) is 23.2. The lowest BCUT2D eigenvalue weighted by atomic mass is 9.98. The smallest absolute Gasteiger partial charge is 0.296 e. The number of rotatable bonds is 14. The van der Waals surface area contributed by atoms with Crippen LogP contribution in [0.4, 0.5) is 5.69 Å². The fraction of sp³-hybridized carbons (Fsp3) is 0.500. The number of fused-ring (bicyclic) bond motifs is 1. The van der Waals surface area contributed by atoms with E-state index in [0.717, 1.165) is 17.5 Å². The summed E-state index contributed by atoms with van der Waals surface area (Å²) in [6, 6.07) is 14.2. The first-order valence-electron chi connectivity index (χ1n) is 12.3. The van der Waals surface area contributed by atoms with E-state index in [1.165, 1.54) is 82.6 Å². The molecule has 0 aromatic heterocycles. The van der Waals surface area contributed by atoms with Crippen LogP contribution in [0.25, 0.3) is 11.1 Å². The number of ketones is 1.